The van der Waals surface area contributed by atoms with Crippen molar-refractivity contribution >= 4 is 17.7 Å². The number of imide groups is 1. The molecule has 4 heterocycles. The smallest absolute Gasteiger partial charge is 0.255 e. The molecule has 3 amide bonds. The number of hydrogen-bond acceptors (Lipinski definition) is 6. The fraction of sp³-hybridized carbons (Fsp3) is 0.609. The van der Waals surface area contributed by atoms with Crippen LogP contribution in [0.2, 0.25) is 0 Å². The highest BCUT2D eigenvalue weighted by Crippen LogP contribution is 2.30. The van der Waals surface area contributed by atoms with Crippen molar-refractivity contribution in [2.45, 2.75) is 63.4 Å². The number of hydrogen-bond donors (Lipinski definition) is 3. The molecule has 8 heteroatoms. The molecule has 3 saturated heterocycles. The van der Waals surface area contributed by atoms with Crippen LogP contribution in [0, 0.1) is 5.92 Å². The summed E-state index contributed by atoms with van der Waals surface area (Å²) in [7, 11) is 0. The molecule has 1 aromatic rings. The molecular weight excluding hydrogens is 396 g/mol. The standard InChI is InChI=1S/C23H30N4O4/c28-20-4-3-19(22(29)26-20)27-13-16-2-1-14(11-17(16)23(27)30)12-25-18-7-10-31-21(18)15-5-8-24-9-6-15/h1-2,11,15,18-19,21,24-25H,3-10,12-13H2,(H,26,28,29)/t18-,19?,21+/m1/s1. The summed E-state index contributed by atoms with van der Waals surface area (Å²) in [5.74, 6) is -0.157. The van der Waals surface area contributed by atoms with Crippen molar-refractivity contribution < 1.29 is 19.1 Å². The fourth-order valence-corrected chi connectivity index (χ4v) is 5.43. The van der Waals surface area contributed by atoms with Gasteiger partial charge >= 0.3 is 0 Å². The van der Waals surface area contributed by atoms with Crippen molar-refractivity contribution in [1.82, 2.24) is 20.9 Å². The highest BCUT2D eigenvalue weighted by Gasteiger charge is 2.39. The predicted octanol–water partition coefficient (Wildman–Crippen LogP) is 0.694. The van der Waals surface area contributed by atoms with Crippen LogP contribution >= 0.6 is 0 Å². The maximum absolute atomic E-state index is 13.0. The van der Waals surface area contributed by atoms with Gasteiger partial charge in [-0.1, -0.05) is 12.1 Å². The van der Waals surface area contributed by atoms with Gasteiger partial charge in [0.1, 0.15) is 6.04 Å². The highest BCUT2D eigenvalue weighted by molar-refractivity contribution is 6.05. The van der Waals surface area contributed by atoms with E-state index in [0.717, 1.165) is 50.1 Å². The Morgan fingerprint density at radius 2 is 1.94 bits per heavy atom. The number of carbonyl (C=O) groups excluding carboxylic acids is 3. The summed E-state index contributed by atoms with van der Waals surface area (Å²) in [5.41, 5.74) is 2.67. The molecule has 0 aromatic heterocycles. The number of nitrogens with zero attached hydrogens (tertiary/aromatic N) is 1. The summed E-state index contributed by atoms with van der Waals surface area (Å²) in [6, 6.07) is 5.77. The number of piperidine rings is 2. The third-order valence-electron chi connectivity index (χ3n) is 7.15. The molecule has 1 aromatic carbocycles. The van der Waals surface area contributed by atoms with Crippen LogP contribution in [0.3, 0.4) is 0 Å². The average molecular weight is 427 g/mol. The van der Waals surface area contributed by atoms with Gasteiger partial charge in [0, 0.05) is 37.7 Å². The number of nitrogens with one attached hydrogen (secondary N) is 3. The number of amides is 3. The molecule has 0 radical (unpaired) electrons. The zero-order valence-corrected chi connectivity index (χ0v) is 17.7. The van der Waals surface area contributed by atoms with Gasteiger partial charge < -0.3 is 20.3 Å². The summed E-state index contributed by atoms with van der Waals surface area (Å²) in [5, 5.41) is 9.43. The second-order valence-corrected chi connectivity index (χ2v) is 9.09. The Morgan fingerprint density at radius 1 is 1.10 bits per heavy atom. The zero-order valence-electron chi connectivity index (χ0n) is 17.7. The summed E-state index contributed by atoms with van der Waals surface area (Å²) < 4.78 is 6.07. The predicted molar refractivity (Wildman–Crippen MR) is 113 cm³/mol. The van der Waals surface area contributed by atoms with Gasteiger partial charge in [-0.2, -0.15) is 0 Å². The van der Waals surface area contributed by atoms with Gasteiger partial charge in [-0.3, -0.25) is 19.7 Å². The second kappa shape index (κ2) is 8.68. The lowest BCUT2D eigenvalue weighted by Gasteiger charge is -2.31. The van der Waals surface area contributed by atoms with Crippen molar-refractivity contribution in [2.24, 2.45) is 5.92 Å². The Bertz CT molecular complexity index is 882. The first kappa shape index (κ1) is 20.6. The van der Waals surface area contributed by atoms with Crippen molar-refractivity contribution in [3.05, 3.63) is 34.9 Å². The topological polar surface area (TPSA) is 99.8 Å². The molecule has 0 saturated carbocycles. The van der Waals surface area contributed by atoms with E-state index in [9.17, 15) is 14.4 Å². The summed E-state index contributed by atoms with van der Waals surface area (Å²) >= 11 is 0. The van der Waals surface area contributed by atoms with Gasteiger partial charge in [-0.05, 0) is 61.9 Å². The maximum Gasteiger partial charge on any atom is 0.255 e. The normalized spacial score (nSPS) is 29.4. The minimum absolute atomic E-state index is 0.122. The number of benzene rings is 1. The molecule has 3 N–H and O–H groups in total. The minimum Gasteiger partial charge on any atom is -0.376 e. The zero-order chi connectivity index (χ0) is 21.4. The molecule has 4 aliphatic heterocycles. The second-order valence-electron chi connectivity index (χ2n) is 9.09. The summed E-state index contributed by atoms with van der Waals surface area (Å²) in [4.78, 5) is 38.3. The molecule has 5 rings (SSSR count). The lowest BCUT2D eigenvalue weighted by molar-refractivity contribution is -0.136. The van der Waals surface area contributed by atoms with Crippen molar-refractivity contribution in [3.8, 4) is 0 Å². The van der Waals surface area contributed by atoms with Crippen LogP contribution in [-0.4, -0.2) is 60.5 Å². The average Bonchev–Trinajstić information content (AvgIpc) is 3.38. The molecule has 31 heavy (non-hydrogen) atoms. The third kappa shape index (κ3) is 4.12. The molecule has 8 nitrogen and oxygen atoms in total. The molecular formula is C23H30N4O4. The van der Waals surface area contributed by atoms with Gasteiger partial charge in [-0.25, -0.2) is 0 Å². The lowest BCUT2D eigenvalue weighted by atomic mass is 9.88. The van der Waals surface area contributed by atoms with Crippen LogP contribution in [0.25, 0.3) is 0 Å². The summed E-state index contributed by atoms with van der Waals surface area (Å²) in [6.45, 7) is 4.04. The van der Waals surface area contributed by atoms with Crippen LogP contribution in [0.15, 0.2) is 18.2 Å². The van der Waals surface area contributed by atoms with Gasteiger partial charge in [0.25, 0.3) is 5.91 Å². The van der Waals surface area contributed by atoms with E-state index in [1.807, 2.05) is 12.1 Å². The number of rotatable bonds is 5. The first-order valence-corrected chi connectivity index (χ1v) is 11.4. The van der Waals surface area contributed by atoms with Crippen molar-refractivity contribution in [2.75, 3.05) is 19.7 Å². The van der Waals surface area contributed by atoms with Gasteiger partial charge in [-0.15, -0.1) is 0 Å². The Kier molecular flexibility index (Phi) is 5.77. The molecule has 0 bridgehead atoms. The monoisotopic (exact) mass is 426 g/mol. The Hall–Kier alpha value is -2.29. The molecule has 0 spiro atoms. The van der Waals surface area contributed by atoms with Gasteiger partial charge in [0.05, 0.1) is 6.10 Å². The van der Waals surface area contributed by atoms with Crippen molar-refractivity contribution in [1.29, 1.82) is 0 Å². The minimum atomic E-state index is -0.569. The van der Waals surface area contributed by atoms with Crippen LogP contribution < -0.4 is 16.0 Å². The van der Waals surface area contributed by atoms with E-state index >= 15 is 0 Å². The van der Waals surface area contributed by atoms with Crippen LogP contribution in [0.5, 0.6) is 0 Å². The molecule has 3 fully saturated rings. The van der Waals surface area contributed by atoms with Crippen LogP contribution in [0.4, 0.5) is 0 Å². The molecule has 4 aliphatic rings. The highest BCUT2D eigenvalue weighted by atomic mass is 16.5. The van der Waals surface area contributed by atoms with E-state index in [4.69, 9.17) is 4.74 Å². The fourth-order valence-electron chi connectivity index (χ4n) is 5.43. The quantitative estimate of drug-likeness (QED) is 0.600. The van der Waals surface area contributed by atoms with E-state index in [1.54, 1.807) is 4.90 Å². The van der Waals surface area contributed by atoms with E-state index in [0.29, 0.717) is 37.0 Å². The van der Waals surface area contributed by atoms with Gasteiger partial charge in [0.15, 0.2) is 0 Å². The first-order valence-electron chi connectivity index (χ1n) is 11.4. The lowest BCUT2D eigenvalue weighted by Crippen LogP contribution is -2.52. The number of fused-ring (bicyclic) bond motifs is 1. The maximum atomic E-state index is 13.0. The Labute approximate surface area is 182 Å². The van der Waals surface area contributed by atoms with E-state index in [1.165, 1.54) is 0 Å². The van der Waals surface area contributed by atoms with Crippen LogP contribution in [0.1, 0.15) is 53.6 Å². The molecule has 0 aliphatic carbocycles. The van der Waals surface area contributed by atoms with Crippen LogP contribution in [-0.2, 0) is 27.4 Å². The largest absolute Gasteiger partial charge is 0.376 e. The number of ether oxygens (including phenoxy) is 1. The Balaban J connectivity index is 1.23. The Morgan fingerprint density at radius 3 is 2.74 bits per heavy atom. The van der Waals surface area contributed by atoms with E-state index < -0.39 is 6.04 Å². The van der Waals surface area contributed by atoms with E-state index in [2.05, 4.69) is 22.0 Å². The summed E-state index contributed by atoms with van der Waals surface area (Å²) in [6.07, 6.45) is 4.26. The molecule has 166 valence electrons. The first-order chi connectivity index (χ1) is 15.1. The van der Waals surface area contributed by atoms with Crippen molar-refractivity contribution in [3.63, 3.8) is 0 Å². The molecule has 1 unspecified atom stereocenters. The number of carbonyl (C=O) groups is 3. The van der Waals surface area contributed by atoms with Gasteiger partial charge in [0.2, 0.25) is 11.8 Å². The molecule has 3 atom stereocenters. The third-order valence-corrected chi connectivity index (χ3v) is 7.15. The van der Waals surface area contributed by atoms with E-state index in [-0.39, 0.29) is 30.2 Å². The SMILES string of the molecule is O=C1CCC(N2Cc3ccc(CN[C@@H]4CCO[C@H]4C4CCNCC4)cc3C2=O)C(=O)N1.